The number of hydrogen-bond donors (Lipinski definition) is 2. The number of nitrogens with zero attached hydrogens (tertiary/aromatic N) is 3. The van der Waals surface area contributed by atoms with Crippen LogP contribution >= 0.6 is 11.3 Å². The van der Waals surface area contributed by atoms with Crippen LogP contribution in [0.25, 0.3) is 0 Å². The Morgan fingerprint density at radius 2 is 1.84 bits per heavy atom. The maximum Gasteiger partial charge on any atom is 0.224 e. The lowest BCUT2D eigenvalue weighted by molar-refractivity contribution is -0.131. The highest BCUT2D eigenvalue weighted by Gasteiger charge is 2.21. The number of amides is 1. The number of aliphatic imine (C=N–C) groups is 1. The van der Waals surface area contributed by atoms with Crippen LogP contribution in [-0.4, -0.2) is 54.9 Å². The first kappa shape index (κ1) is 21.8. The second-order valence-electron chi connectivity index (χ2n) is 8.34. The number of likely N-dealkylation sites (tertiary alicyclic amines) is 1. The summed E-state index contributed by atoms with van der Waals surface area (Å²) in [6, 6.07) is 11.0. The zero-order chi connectivity index (χ0) is 21.5. The molecule has 2 aliphatic rings. The summed E-state index contributed by atoms with van der Waals surface area (Å²) in [5, 5.41) is 8.74. The molecule has 0 atom stereocenters. The first-order valence-corrected chi connectivity index (χ1v) is 12.2. The van der Waals surface area contributed by atoms with Crippen LogP contribution in [-0.2, 0) is 30.8 Å². The second kappa shape index (κ2) is 10.8. The van der Waals surface area contributed by atoms with Crippen molar-refractivity contribution in [2.75, 3.05) is 33.2 Å². The van der Waals surface area contributed by atoms with E-state index in [2.05, 4.69) is 56.2 Å². The predicted molar refractivity (Wildman–Crippen MR) is 127 cm³/mol. The number of carbonyl (C=O) groups is 1. The van der Waals surface area contributed by atoms with Gasteiger partial charge in [-0.15, -0.1) is 11.3 Å². The molecular weight excluding hydrogens is 406 g/mol. The molecule has 31 heavy (non-hydrogen) atoms. The standard InChI is InChI=1S/C24H33N5OS/c1-25-24(26-11-8-23(30)29-14-9-22-21(18-29)10-15-31-22)27-16-19-4-6-20(7-5-19)17-28-12-2-3-13-28/h4-7,10,15H,2-3,8-9,11-14,16-18H2,1H3,(H2,25,26,27). The van der Waals surface area contributed by atoms with Crippen molar-refractivity contribution in [1.82, 2.24) is 20.4 Å². The molecule has 2 aliphatic heterocycles. The van der Waals surface area contributed by atoms with Gasteiger partial charge in [0.2, 0.25) is 5.91 Å². The topological polar surface area (TPSA) is 60.0 Å². The highest BCUT2D eigenvalue weighted by Crippen LogP contribution is 2.24. The lowest BCUT2D eigenvalue weighted by Gasteiger charge is -2.27. The summed E-state index contributed by atoms with van der Waals surface area (Å²) >= 11 is 1.80. The fraction of sp³-hybridized carbons (Fsp3) is 0.500. The van der Waals surface area contributed by atoms with Gasteiger partial charge in [-0.2, -0.15) is 0 Å². The molecule has 4 rings (SSSR count). The van der Waals surface area contributed by atoms with Gasteiger partial charge in [-0.25, -0.2) is 0 Å². The minimum atomic E-state index is 0.202. The van der Waals surface area contributed by atoms with Crippen molar-refractivity contribution in [2.45, 2.75) is 45.3 Å². The van der Waals surface area contributed by atoms with Crippen molar-refractivity contribution in [3.05, 3.63) is 57.3 Å². The second-order valence-corrected chi connectivity index (χ2v) is 9.34. The summed E-state index contributed by atoms with van der Waals surface area (Å²) in [6.07, 6.45) is 4.11. The molecule has 1 fully saturated rings. The lowest BCUT2D eigenvalue weighted by atomic mass is 10.1. The molecule has 0 unspecified atom stereocenters. The number of benzene rings is 1. The van der Waals surface area contributed by atoms with E-state index in [-0.39, 0.29) is 5.91 Å². The Hall–Kier alpha value is -2.38. The summed E-state index contributed by atoms with van der Waals surface area (Å²) in [5.41, 5.74) is 3.91. The van der Waals surface area contributed by atoms with E-state index in [0.29, 0.717) is 19.5 Å². The summed E-state index contributed by atoms with van der Waals surface area (Å²) in [4.78, 5) is 22.8. The average molecular weight is 440 g/mol. The van der Waals surface area contributed by atoms with Crippen molar-refractivity contribution in [3.63, 3.8) is 0 Å². The van der Waals surface area contributed by atoms with Gasteiger partial charge in [0.05, 0.1) is 0 Å². The molecule has 1 aromatic heterocycles. The minimum Gasteiger partial charge on any atom is -0.356 e. The Bertz CT molecular complexity index is 886. The summed E-state index contributed by atoms with van der Waals surface area (Å²) < 4.78 is 0. The number of rotatable bonds is 7. The number of nitrogens with one attached hydrogen (secondary N) is 2. The Morgan fingerprint density at radius 1 is 1.06 bits per heavy atom. The third kappa shape index (κ3) is 6.08. The molecule has 1 aromatic carbocycles. The van der Waals surface area contributed by atoms with E-state index >= 15 is 0 Å². The summed E-state index contributed by atoms with van der Waals surface area (Å²) in [7, 11) is 1.76. The van der Waals surface area contributed by atoms with Crippen LogP contribution in [0.2, 0.25) is 0 Å². The molecule has 0 bridgehead atoms. The van der Waals surface area contributed by atoms with Crippen LogP contribution in [0.4, 0.5) is 0 Å². The third-order valence-electron chi connectivity index (χ3n) is 6.10. The molecule has 2 aromatic rings. The van der Waals surface area contributed by atoms with E-state index in [9.17, 15) is 4.79 Å². The summed E-state index contributed by atoms with van der Waals surface area (Å²) in [5.74, 6) is 0.932. The number of hydrogen-bond acceptors (Lipinski definition) is 4. The summed E-state index contributed by atoms with van der Waals surface area (Å²) in [6.45, 7) is 6.37. The molecule has 0 radical (unpaired) electrons. The smallest absolute Gasteiger partial charge is 0.224 e. The monoisotopic (exact) mass is 439 g/mol. The van der Waals surface area contributed by atoms with Crippen molar-refractivity contribution >= 4 is 23.2 Å². The fourth-order valence-electron chi connectivity index (χ4n) is 4.28. The average Bonchev–Trinajstić information content (AvgIpc) is 3.48. The van der Waals surface area contributed by atoms with Gasteiger partial charge in [0.15, 0.2) is 5.96 Å². The first-order valence-electron chi connectivity index (χ1n) is 11.3. The van der Waals surface area contributed by atoms with Gasteiger partial charge in [0.25, 0.3) is 0 Å². The van der Waals surface area contributed by atoms with Crippen LogP contribution in [0.5, 0.6) is 0 Å². The normalized spacial score (nSPS) is 16.9. The van der Waals surface area contributed by atoms with Crippen LogP contribution in [0.1, 0.15) is 40.8 Å². The fourth-order valence-corrected chi connectivity index (χ4v) is 5.16. The molecule has 6 nitrogen and oxygen atoms in total. The van der Waals surface area contributed by atoms with E-state index in [4.69, 9.17) is 0 Å². The number of thiophene rings is 1. The Balaban J connectivity index is 1.16. The molecule has 1 amide bonds. The number of fused-ring (bicyclic) bond motifs is 1. The van der Waals surface area contributed by atoms with Crippen molar-refractivity contribution in [2.24, 2.45) is 4.99 Å². The predicted octanol–water partition coefficient (Wildman–Crippen LogP) is 2.98. The Labute approximate surface area is 189 Å². The lowest BCUT2D eigenvalue weighted by Crippen LogP contribution is -2.40. The minimum absolute atomic E-state index is 0.202. The number of carbonyl (C=O) groups excluding carboxylic acids is 1. The SMILES string of the molecule is CN=C(NCCC(=O)N1CCc2sccc2C1)NCc1ccc(CN2CCCC2)cc1. The maximum atomic E-state index is 12.6. The van der Waals surface area contributed by atoms with Crippen molar-refractivity contribution in [3.8, 4) is 0 Å². The van der Waals surface area contributed by atoms with Gasteiger partial charge in [-0.05, 0) is 60.5 Å². The van der Waals surface area contributed by atoms with Crippen LogP contribution in [0, 0.1) is 0 Å². The largest absolute Gasteiger partial charge is 0.356 e. The van der Waals surface area contributed by atoms with Crippen LogP contribution in [0.3, 0.4) is 0 Å². The third-order valence-corrected chi connectivity index (χ3v) is 7.13. The number of guanidine groups is 1. The van der Waals surface area contributed by atoms with Gasteiger partial charge in [-0.1, -0.05) is 24.3 Å². The molecule has 7 heteroatoms. The highest BCUT2D eigenvalue weighted by molar-refractivity contribution is 7.10. The van der Waals surface area contributed by atoms with Gasteiger partial charge in [-0.3, -0.25) is 14.7 Å². The molecule has 0 aliphatic carbocycles. The van der Waals surface area contributed by atoms with E-state index in [1.807, 2.05) is 4.90 Å². The molecule has 0 spiro atoms. The van der Waals surface area contributed by atoms with Crippen LogP contribution < -0.4 is 10.6 Å². The zero-order valence-electron chi connectivity index (χ0n) is 18.4. The van der Waals surface area contributed by atoms with E-state index in [1.54, 1.807) is 18.4 Å². The molecule has 2 N–H and O–H groups in total. The molecule has 1 saturated heterocycles. The molecule has 0 saturated carbocycles. The highest BCUT2D eigenvalue weighted by atomic mass is 32.1. The maximum absolute atomic E-state index is 12.6. The molecule has 166 valence electrons. The first-order chi connectivity index (χ1) is 15.2. The van der Waals surface area contributed by atoms with Gasteiger partial charge in [0.1, 0.15) is 0 Å². The quantitative estimate of drug-likeness (QED) is 0.514. The molecule has 3 heterocycles. The van der Waals surface area contributed by atoms with Crippen LogP contribution in [0.15, 0.2) is 40.7 Å². The zero-order valence-corrected chi connectivity index (χ0v) is 19.2. The van der Waals surface area contributed by atoms with Crippen molar-refractivity contribution in [1.29, 1.82) is 0 Å². The van der Waals surface area contributed by atoms with Crippen molar-refractivity contribution < 1.29 is 4.79 Å². The molecular formula is C24H33N5OS. The Kier molecular flexibility index (Phi) is 7.59. The Morgan fingerprint density at radius 3 is 2.61 bits per heavy atom. The van der Waals surface area contributed by atoms with E-state index < -0.39 is 0 Å². The van der Waals surface area contributed by atoms with Gasteiger partial charge < -0.3 is 15.5 Å². The van der Waals surface area contributed by atoms with Gasteiger partial charge >= 0.3 is 0 Å². The van der Waals surface area contributed by atoms with Gasteiger partial charge in [0, 0.05) is 51.1 Å². The van der Waals surface area contributed by atoms with E-state index in [1.165, 1.54) is 47.5 Å². The van der Waals surface area contributed by atoms with E-state index in [0.717, 1.165) is 32.0 Å².